The average Bonchev–Trinajstić information content (AvgIpc) is 2.83. The van der Waals surface area contributed by atoms with Crippen molar-refractivity contribution in [2.45, 2.75) is 19.3 Å². The van der Waals surface area contributed by atoms with Gasteiger partial charge in [-0.2, -0.15) is 0 Å². The molecule has 108 valence electrons. The fraction of sp³-hybridized carbons (Fsp3) is 0.333. The third-order valence-corrected chi connectivity index (χ3v) is 4.50. The van der Waals surface area contributed by atoms with Crippen molar-refractivity contribution in [3.8, 4) is 0 Å². The van der Waals surface area contributed by atoms with Crippen molar-refractivity contribution in [2.75, 3.05) is 11.3 Å². The van der Waals surface area contributed by atoms with E-state index in [2.05, 4.69) is 14.9 Å². The van der Waals surface area contributed by atoms with Gasteiger partial charge in [-0.3, -0.25) is 4.72 Å². The van der Waals surface area contributed by atoms with E-state index in [-0.39, 0.29) is 10.9 Å². The van der Waals surface area contributed by atoms with Crippen molar-refractivity contribution in [1.29, 1.82) is 0 Å². The first-order chi connectivity index (χ1) is 9.59. The second-order valence-electron chi connectivity index (χ2n) is 3.98. The number of hydrogen-bond donors (Lipinski definition) is 1. The molecule has 0 aliphatic heterocycles. The summed E-state index contributed by atoms with van der Waals surface area (Å²) < 4.78 is 31.6. The molecule has 2 rings (SSSR count). The summed E-state index contributed by atoms with van der Waals surface area (Å²) in [6.45, 7) is 2.80. The van der Waals surface area contributed by atoms with Crippen molar-refractivity contribution >= 4 is 26.5 Å². The Labute approximate surface area is 121 Å². The standard InChI is InChI=1S/C12H15N3O3S2/c1-2-18-8-11-13-14-12(19-11)15-20(16,17)9-10-6-4-3-5-7-10/h3-7H,2,8-9H2,1H3,(H,14,15). The number of hydrogen-bond acceptors (Lipinski definition) is 6. The molecular formula is C12H15N3O3S2. The number of nitrogens with zero attached hydrogens (tertiary/aromatic N) is 2. The molecule has 0 aliphatic rings. The fourth-order valence-corrected chi connectivity index (χ4v) is 3.59. The Hall–Kier alpha value is -1.51. The average molecular weight is 313 g/mol. The lowest BCUT2D eigenvalue weighted by Crippen LogP contribution is -2.14. The molecule has 0 unspecified atom stereocenters. The first-order valence-corrected chi connectivity index (χ1v) is 8.50. The maximum atomic E-state index is 12.0. The monoisotopic (exact) mass is 313 g/mol. The van der Waals surface area contributed by atoms with Gasteiger partial charge in [0.15, 0.2) is 0 Å². The lowest BCUT2D eigenvalue weighted by atomic mass is 10.2. The molecule has 0 atom stereocenters. The van der Waals surface area contributed by atoms with Crippen LogP contribution < -0.4 is 4.72 Å². The molecule has 1 N–H and O–H groups in total. The van der Waals surface area contributed by atoms with Crippen molar-refractivity contribution in [3.63, 3.8) is 0 Å². The molecule has 0 radical (unpaired) electrons. The van der Waals surface area contributed by atoms with E-state index in [1.54, 1.807) is 24.3 Å². The van der Waals surface area contributed by atoms with Crippen LogP contribution in [0.3, 0.4) is 0 Å². The third-order valence-electron chi connectivity index (χ3n) is 2.34. The van der Waals surface area contributed by atoms with Gasteiger partial charge >= 0.3 is 0 Å². The molecular weight excluding hydrogens is 298 g/mol. The van der Waals surface area contributed by atoms with E-state index < -0.39 is 10.0 Å². The quantitative estimate of drug-likeness (QED) is 0.845. The van der Waals surface area contributed by atoms with Gasteiger partial charge in [-0.05, 0) is 12.5 Å². The van der Waals surface area contributed by atoms with E-state index in [9.17, 15) is 8.42 Å². The molecule has 1 heterocycles. The lowest BCUT2D eigenvalue weighted by molar-refractivity contribution is 0.133. The number of benzene rings is 1. The Balaban J connectivity index is 1.99. The van der Waals surface area contributed by atoms with Gasteiger partial charge in [0.05, 0.1) is 5.75 Å². The summed E-state index contributed by atoms with van der Waals surface area (Å²) >= 11 is 1.17. The zero-order chi connectivity index (χ0) is 14.4. The molecule has 0 spiro atoms. The molecule has 0 aliphatic carbocycles. The number of rotatable bonds is 7. The SMILES string of the molecule is CCOCc1nnc(NS(=O)(=O)Cc2ccccc2)s1. The minimum absolute atomic E-state index is 0.0891. The lowest BCUT2D eigenvalue weighted by Gasteiger charge is -2.04. The Kier molecular flexibility index (Phi) is 5.05. The second kappa shape index (κ2) is 6.78. The van der Waals surface area contributed by atoms with Crippen LogP contribution in [0.5, 0.6) is 0 Å². The predicted octanol–water partition coefficient (Wildman–Crippen LogP) is 2.02. The zero-order valence-corrected chi connectivity index (χ0v) is 12.6. The number of anilines is 1. The van der Waals surface area contributed by atoms with Crippen LogP contribution in [0.15, 0.2) is 30.3 Å². The van der Waals surface area contributed by atoms with Gasteiger partial charge < -0.3 is 4.74 Å². The summed E-state index contributed by atoms with van der Waals surface area (Å²) in [7, 11) is -3.48. The molecule has 6 nitrogen and oxygen atoms in total. The smallest absolute Gasteiger partial charge is 0.238 e. The highest BCUT2D eigenvalue weighted by molar-refractivity contribution is 7.92. The summed E-state index contributed by atoms with van der Waals surface area (Å²) in [4.78, 5) is 0. The molecule has 8 heteroatoms. The summed E-state index contributed by atoms with van der Waals surface area (Å²) in [5.41, 5.74) is 0.721. The van der Waals surface area contributed by atoms with E-state index >= 15 is 0 Å². The van der Waals surface area contributed by atoms with Crippen LogP contribution in [0.1, 0.15) is 17.5 Å². The molecule has 0 fully saturated rings. The van der Waals surface area contributed by atoms with Crippen LogP contribution in [0.2, 0.25) is 0 Å². The number of ether oxygens (including phenoxy) is 1. The molecule has 1 aromatic heterocycles. The molecule has 20 heavy (non-hydrogen) atoms. The Morgan fingerprint density at radius 1 is 1.25 bits per heavy atom. The minimum Gasteiger partial charge on any atom is -0.374 e. The number of nitrogens with one attached hydrogen (secondary N) is 1. The summed E-state index contributed by atoms with van der Waals surface area (Å²) in [6.07, 6.45) is 0. The first kappa shape index (κ1) is 14.9. The van der Waals surface area contributed by atoms with E-state index in [4.69, 9.17) is 4.74 Å². The Bertz CT molecular complexity index is 641. The van der Waals surface area contributed by atoms with Crippen molar-refractivity contribution in [3.05, 3.63) is 40.9 Å². The molecule has 0 bridgehead atoms. The normalized spacial score (nSPS) is 11.4. The van der Waals surface area contributed by atoms with Gasteiger partial charge in [-0.1, -0.05) is 41.7 Å². The second-order valence-corrected chi connectivity index (χ2v) is 6.77. The topological polar surface area (TPSA) is 81.2 Å². The van der Waals surface area contributed by atoms with Crippen LogP contribution in [-0.2, 0) is 27.1 Å². The van der Waals surface area contributed by atoms with Crippen molar-refractivity contribution in [2.24, 2.45) is 0 Å². The van der Waals surface area contributed by atoms with Crippen LogP contribution in [0.25, 0.3) is 0 Å². The van der Waals surface area contributed by atoms with E-state index in [1.807, 2.05) is 13.0 Å². The third kappa shape index (κ3) is 4.55. The molecule has 0 saturated heterocycles. The van der Waals surface area contributed by atoms with E-state index in [0.29, 0.717) is 18.2 Å². The highest BCUT2D eigenvalue weighted by atomic mass is 32.2. The molecule has 1 aromatic carbocycles. The number of aromatic nitrogens is 2. The summed E-state index contributed by atoms with van der Waals surface area (Å²) in [5, 5.41) is 8.56. The van der Waals surface area contributed by atoms with Crippen LogP contribution in [-0.4, -0.2) is 25.2 Å². The van der Waals surface area contributed by atoms with Gasteiger partial charge in [0.2, 0.25) is 15.2 Å². The number of sulfonamides is 1. The van der Waals surface area contributed by atoms with Crippen LogP contribution in [0.4, 0.5) is 5.13 Å². The first-order valence-electron chi connectivity index (χ1n) is 6.03. The zero-order valence-electron chi connectivity index (χ0n) is 10.9. The highest BCUT2D eigenvalue weighted by Gasteiger charge is 2.14. The van der Waals surface area contributed by atoms with Gasteiger partial charge in [-0.25, -0.2) is 8.42 Å². The maximum absolute atomic E-state index is 12.0. The predicted molar refractivity (Wildman–Crippen MR) is 77.9 cm³/mol. The van der Waals surface area contributed by atoms with Gasteiger partial charge in [0, 0.05) is 6.61 Å². The summed E-state index contributed by atoms with van der Waals surface area (Å²) in [5.74, 6) is -0.0891. The van der Waals surface area contributed by atoms with Crippen molar-refractivity contribution in [1.82, 2.24) is 10.2 Å². The fourth-order valence-electron chi connectivity index (χ4n) is 1.51. The minimum atomic E-state index is -3.48. The van der Waals surface area contributed by atoms with Gasteiger partial charge in [0.1, 0.15) is 11.6 Å². The van der Waals surface area contributed by atoms with E-state index in [0.717, 1.165) is 5.56 Å². The van der Waals surface area contributed by atoms with Gasteiger partial charge in [0.25, 0.3) is 0 Å². The van der Waals surface area contributed by atoms with E-state index in [1.165, 1.54) is 11.3 Å². The maximum Gasteiger partial charge on any atom is 0.238 e. The van der Waals surface area contributed by atoms with Crippen LogP contribution in [0, 0.1) is 0 Å². The summed E-state index contributed by atoms with van der Waals surface area (Å²) in [6, 6.07) is 8.97. The van der Waals surface area contributed by atoms with Gasteiger partial charge in [-0.15, -0.1) is 10.2 Å². The van der Waals surface area contributed by atoms with Crippen LogP contribution >= 0.6 is 11.3 Å². The Morgan fingerprint density at radius 3 is 2.70 bits per heavy atom. The van der Waals surface area contributed by atoms with Crippen molar-refractivity contribution < 1.29 is 13.2 Å². The Morgan fingerprint density at radius 2 is 2.00 bits per heavy atom. The molecule has 0 amide bonds. The largest absolute Gasteiger partial charge is 0.374 e. The molecule has 2 aromatic rings. The highest BCUT2D eigenvalue weighted by Crippen LogP contribution is 2.18. The molecule has 0 saturated carbocycles.